The SMILES string of the molecule is Cc1nc2ccccc2n1C1CN(Cc2ccnc3ccccc23)C1. The van der Waals surface area contributed by atoms with Crippen LogP contribution < -0.4 is 0 Å². The third kappa shape index (κ3) is 2.41. The van der Waals surface area contributed by atoms with Crippen molar-refractivity contribution < 1.29 is 0 Å². The number of fused-ring (bicyclic) bond motifs is 2. The molecule has 4 nitrogen and oxygen atoms in total. The Balaban J connectivity index is 1.37. The summed E-state index contributed by atoms with van der Waals surface area (Å²) in [7, 11) is 0. The third-order valence-corrected chi connectivity index (χ3v) is 5.21. The fourth-order valence-electron chi connectivity index (χ4n) is 3.99. The lowest BCUT2D eigenvalue weighted by atomic mass is 10.0. The molecule has 1 saturated heterocycles. The van der Waals surface area contributed by atoms with Crippen LogP contribution in [0.4, 0.5) is 0 Å². The van der Waals surface area contributed by atoms with Gasteiger partial charge in [0, 0.05) is 31.2 Å². The van der Waals surface area contributed by atoms with Crippen LogP contribution in [0.15, 0.2) is 60.8 Å². The van der Waals surface area contributed by atoms with Crippen molar-refractivity contribution in [1.29, 1.82) is 0 Å². The molecule has 4 heteroatoms. The molecule has 5 rings (SSSR count). The van der Waals surface area contributed by atoms with E-state index in [1.165, 1.54) is 16.5 Å². The normalized spacial score (nSPS) is 15.7. The zero-order chi connectivity index (χ0) is 16.8. The molecular weight excluding hydrogens is 308 g/mol. The van der Waals surface area contributed by atoms with Crippen LogP contribution in [-0.2, 0) is 6.54 Å². The topological polar surface area (TPSA) is 34.0 Å². The monoisotopic (exact) mass is 328 g/mol. The molecule has 0 aliphatic carbocycles. The summed E-state index contributed by atoms with van der Waals surface area (Å²) in [5.74, 6) is 1.11. The Hall–Kier alpha value is -2.72. The van der Waals surface area contributed by atoms with Crippen LogP contribution in [0.25, 0.3) is 21.9 Å². The standard InChI is InChI=1S/C21H20N4/c1-15-23-20-8-4-5-9-21(20)25(15)17-13-24(14-17)12-16-10-11-22-19-7-3-2-6-18(16)19/h2-11,17H,12-14H2,1H3. The van der Waals surface area contributed by atoms with Gasteiger partial charge in [0.15, 0.2) is 0 Å². The molecular formula is C21H20N4. The molecule has 0 spiro atoms. The maximum atomic E-state index is 4.70. The minimum atomic E-state index is 0.514. The number of para-hydroxylation sites is 3. The van der Waals surface area contributed by atoms with Crippen LogP contribution >= 0.6 is 0 Å². The van der Waals surface area contributed by atoms with E-state index in [1.807, 2.05) is 12.3 Å². The second kappa shape index (κ2) is 5.67. The summed E-state index contributed by atoms with van der Waals surface area (Å²) in [4.78, 5) is 11.7. The van der Waals surface area contributed by atoms with Crippen molar-refractivity contribution >= 4 is 21.9 Å². The van der Waals surface area contributed by atoms with Gasteiger partial charge in [-0.15, -0.1) is 0 Å². The largest absolute Gasteiger partial charge is 0.322 e. The van der Waals surface area contributed by atoms with E-state index in [0.717, 1.165) is 36.5 Å². The number of rotatable bonds is 3. The molecule has 124 valence electrons. The summed E-state index contributed by atoms with van der Waals surface area (Å²) in [5, 5.41) is 1.26. The number of nitrogens with zero attached hydrogens (tertiary/aromatic N) is 4. The zero-order valence-corrected chi connectivity index (χ0v) is 14.3. The van der Waals surface area contributed by atoms with Gasteiger partial charge >= 0.3 is 0 Å². The van der Waals surface area contributed by atoms with Crippen molar-refractivity contribution in [2.24, 2.45) is 0 Å². The number of hydrogen-bond acceptors (Lipinski definition) is 3. The number of benzene rings is 2. The van der Waals surface area contributed by atoms with Crippen molar-refractivity contribution in [1.82, 2.24) is 19.4 Å². The number of aromatic nitrogens is 3. The van der Waals surface area contributed by atoms with Crippen LogP contribution in [0, 0.1) is 6.92 Å². The molecule has 2 aromatic heterocycles. The first-order valence-corrected chi connectivity index (χ1v) is 8.78. The van der Waals surface area contributed by atoms with Crippen molar-refractivity contribution in [3.8, 4) is 0 Å². The Morgan fingerprint density at radius 3 is 2.60 bits per heavy atom. The molecule has 1 aliphatic rings. The van der Waals surface area contributed by atoms with Crippen molar-refractivity contribution in [2.45, 2.75) is 19.5 Å². The first-order valence-electron chi connectivity index (χ1n) is 8.78. The molecule has 0 amide bonds. The van der Waals surface area contributed by atoms with Crippen LogP contribution in [0.1, 0.15) is 17.4 Å². The number of pyridine rings is 1. The van der Waals surface area contributed by atoms with Gasteiger partial charge in [-0.2, -0.15) is 0 Å². The van der Waals surface area contributed by atoms with E-state index in [9.17, 15) is 0 Å². The van der Waals surface area contributed by atoms with Crippen molar-refractivity contribution in [3.63, 3.8) is 0 Å². The summed E-state index contributed by atoms with van der Waals surface area (Å²) in [6, 6.07) is 19.5. The Kier molecular flexibility index (Phi) is 3.31. The van der Waals surface area contributed by atoms with Gasteiger partial charge < -0.3 is 4.57 Å². The highest BCUT2D eigenvalue weighted by atomic mass is 15.3. The molecule has 0 unspecified atom stereocenters. The van der Waals surface area contributed by atoms with Gasteiger partial charge in [-0.05, 0) is 36.8 Å². The number of hydrogen-bond donors (Lipinski definition) is 0. The molecule has 0 N–H and O–H groups in total. The predicted octanol–water partition coefficient (Wildman–Crippen LogP) is 3.95. The summed E-state index contributed by atoms with van der Waals surface area (Å²) >= 11 is 0. The highest BCUT2D eigenvalue weighted by molar-refractivity contribution is 5.81. The molecule has 0 atom stereocenters. The maximum Gasteiger partial charge on any atom is 0.107 e. The first-order chi connectivity index (χ1) is 12.3. The lowest BCUT2D eigenvalue weighted by Gasteiger charge is -2.41. The third-order valence-electron chi connectivity index (χ3n) is 5.21. The molecule has 1 aliphatic heterocycles. The number of aryl methyl sites for hydroxylation is 1. The summed E-state index contributed by atoms with van der Waals surface area (Å²) < 4.78 is 2.40. The molecule has 2 aromatic carbocycles. The van der Waals surface area contributed by atoms with Crippen molar-refractivity contribution in [2.75, 3.05) is 13.1 Å². The van der Waals surface area contributed by atoms with E-state index in [0.29, 0.717) is 6.04 Å². The Morgan fingerprint density at radius 2 is 1.72 bits per heavy atom. The van der Waals surface area contributed by atoms with Crippen LogP contribution in [-0.4, -0.2) is 32.5 Å². The van der Waals surface area contributed by atoms with Gasteiger partial charge in [0.05, 0.1) is 22.6 Å². The molecule has 0 radical (unpaired) electrons. The average molecular weight is 328 g/mol. The maximum absolute atomic E-state index is 4.70. The summed E-state index contributed by atoms with van der Waals surface area (Å²) in [5.41, 5.74) is 4.78. The van der Waals surface area contributed by atoms with Gasteiger partial charge in [0.1, 0.15) is 5.82 Å². The molecule has 0 bridgehead atoms. The lowest BCUT2D eigenvalue weighted by Crippen LogP contribution is -2.47. The average Bonchev–Trinajstić information content (AvgIpc) is 2.93. The lowest BCUT2D eigenvalue weighted by molar-refractivity contribution is 0.101. The second-order valence-corrected chi connectivity index (χ2v) is 6.85. The fourth-order valence-corrected chi connectivity index (χ4v) is 3.99. The van der Waals surface area contributed by atoms with E-state index in [1.54, 1.807) is 0 Å². The Morgan fingerprint density at radius 1 is 0.960 bits per heavy atom. The highest BCUT2D eigenvalue weighted by Crippen LogP contribution is 2.29. The quantitative estimate of drug-likeness (QED) is 0.571. The van der Waals surface area contributed by atoms with Crippen LogP contribution in [0.2, 0.25) is 0 Å². The van der Waals surface area contributed by atoms with E-state index >= 15 is 0 Å². The molecule has 25 heavy (non-hydrogen) atoms. The Bertz CT molecular complexity index is 1050. The summed E-state index contributed by atoms with van der Waals surface area (Å²) in [6.07, 6.45) is 1.92. The fraction of sp³-hybridized carbons (Fsp3) is 0.238. The smallest absolute Gasteiger partial charge is 0.107 e. The van der Waals surface area contributed by atoms with E-state index in [2.05, 4.69) is 69.9 Å². The highest BCUT2D eigenvalue weighted by Gasteiger charge is 2.30. The second-order valence-electron chi connectivity index (χ2n) is 6.85. The minimum absolute atomic E-state index is 0.514. The van der Waals surface area contributed by atoms with E-state index < -0.39 is 0 Å². The summed E-state index contributed by atoms with van der Waals surface area (Å²) in [6.45, 7) is 5.22. The number of likely N-dealkylation sites (tertiary alicyclic amines) is 1. The Labute approximate surface area is 146 Å². The van der Waals surface area contributed by atoms with Gasteiger partial charge in [-0.25, -0.2) is 4.98 Å². The molecule has 4 aromatic rings. The molecule has 3 heterocycles. The van der Waals surface area contributed by atoms with Crippen molar-refractivity contribution in [3.05, 3.63) is 72.2 Å². The van der Waals surface area contributed by atoms with Gasteiger partial charge in [0.2, 0.25) is 0 Å². The zero-order valence-electron chi connectivity index (χ0n) is 14.3. The van der Waals surface area contributed by atoms with Gasteiger partial charge in [0.25, 0.3) is 0 Å². The first kappa shape index (κ1) is 14.6. The molecule has 1 fully saturated rings. The molecule has 0 saturated carbocycles. The van der Waals surface area contributed by atoms with E-state index in [-0.39, 0.29) is 0 Å². The predicted molar refractivity (Wildman–Crippen MR) is 101 cm³/mol. The van der Waals surface area contributed by atoms with Crippen LogP contribution in [0.3, 0.4) is 0 Å². The van der Waals surface area contributed by atoms with Gasteiger partial charge in [-0.3, -0.25) is 9.88 Å². The van der Waals surface area contributed by atoms with Gasteiger partial charge in [-0.1, -0.05) is 30.3 Å². The minimum Gasteiger partial charge on any atom is -0.322 e. The van der Waals surface area contributed by atoms with E-state index in [4.69, 9.17) is 4.98 Å². The number of imidazole rings is 1. The van der Waals surface area contributed by atoms with Crippen LogP contribution in [0.5, 0.6) is 0 Å².